The molecule has 0 aliphatic rings. The number of carbonyl (C=O) groups excluding carboxylic acids is 2. The van der Waals surface area contributed by atoms with Crippen LogP contribution in [0.15, 0.2) is 64.2 Å². The molecule has 0 unspecified atom stereocenters. The van der Waals surface area contributed by atoms with Crippen LogP contribution >= 0.6 is 0 Å². The minimum absolute atomic E-state index is 0.0210. The van der Waals surface area contributed by atoms with Gasteiger partial charge in [-0.1, -0.05) is 76.6 Å². The van der Waals surface area contributed by atoms with Gasteiger partial charge in [0.2, 0.25) is 11.8 Å². The highest BCUT2D eigenvalue weighted by molar-refractivity contribution is 5.91. The number of carboxylic acid groups (broad SMARTS) is 1. The van der Waals surface area contributed by atoms with Gasteiger partial charge in [0.1, 0.15) is 18.1 Å². The SMILES string of the molecule is CC[C@@H](C)[C@H](NC(=O)[C@H](CC(C)C)NC(=O)[C@H](Cc1ccccc1)n1c(=O)[nH]c2ccccc2c1=O)C(=O)O. The summed E-state index contributed by atoms with van der Waals surface area (Å²) in [5.74, 6) is -2.85. The summed E-state index contributed by atoms with van der Waals surface area (Å²) in [7, 11) is 0. The fraction of sp³-hybridized carbons (Fsp3) is 0.414. The van der Waals surface area contributed by atoms with Gasteiger partial charge in [0.05, 0.1) is 10.9 Å². The van der Waals surface area contributed by atoms with Crippen LogP contribution in [-0.2, 0) is 20.8 Å². The van der Waals surface area contributed by atoms with Crippen LogP contribution in [0.1, 0.15) is 52.1 Å². The molecule has 0 aliphatic carbocycles. The second-order valence-corrected chi connectivity index (χ2v) is 10.3. The molecular formula is C29H36N4O6. The van der Waals surface area contributed by atoms with E-state index in [0.29, 0.717) is 17.5 Å². The number of carboxylic acids is 1. The third-order valence-corrected chi connectivity index (χ3v) is 6.84. The molecule has 4 atom stereocenters. The van der Waals surface area contributed by atoms with Crippen LogP contribution in [0.3, 0.4) is 0 Å². The van der Waals surface area contributed by atoms with E-state index in [2.05, 4.69) is 15.6 Å². The van der Waals surface area contributed by atoms with E-state index in [9.17, 15) is 29.1 Å². The molecule has 0 fully saturated rings. The Labute approximate surface area is 226 Å². The maximum atomic E-state index is 13.8. The number of aromatic nitrogens is 2. The molecule has 10 nitrogen and oxygen atoms in total. The van der Waals surface area contributed by atoms with E-state index in [1.54, 1.807) is 55.5 Å². The van der Waals surface area contributed by atoms with Gasteiger partial charge in [-0.2, -0.15) is 0 Å². The third-order valence-electron chi connectivity index (χ3n) is 6.84. The first-order chi connectivity index (χ1) is 18.5. The average Bonchev–Trinajstić information content (AvgIpc) is 2.90. The third kappa shape index (κ3) is 7.22. The van der Waals surface area contributed by atoms with Gasteiger partial charge in [0, 0.05) is 6.42 Å². The van der Waals surface area contributed by atoms with Crippen LogP contribution in [0.25, 0.3) is 10.9 Å². The molecule has 10 heteroatoms. The Morgan fingerprint density at radius 2 is 1.56 bits per heavy atom. The first-order valence-corrected chi connectivity index (χ1v) is 13.1. The monoisotopic (exact) mass is 536 g/mol. The molecule has 1 heterocycles. The largest absolute Gasteiger partial charge is 0.480 e. The molecule has 2 amide bonds. The number of aromatic amines is 1. The predicted molar refractivity (Wildman–Crippen MR) is 148 cm³/mol. The number of rotatable bonds is 12. The lowest BCUT2D eigenvalue weighted by molar-refractivity contribution is -0.143. The van der Waals surface area contributed by atoms with Crippen molar-refractivity contribution in [3.05, 3.63) is 81.0 Å². The van der Waals surface area contributed by atoms with E-state index in [1.165, 1.54) is 0 Å². The number of aliphatic carboxylic acids is 1. The lowest BCUT2D eigenvalue weighted by atomic mass is 9.97. The molecule has 3 aromatic rings. The molecule has 0 saturated carbocycles. The van der Waals surface area contributed by atoms with Gasteiger partial charge in [-0.25, -0.2) is 14.2 Å². The number of nitrogens with one attached hydrogen (secondary N) is 3. The number of benzene rings is 2. The van der Waals surface area contributed by atoms with Crippen molar-refractivity contribution in [3.63, 3.8) is 0 Å². The molecule has 3 rings (SSSR count). The zero-order valence-corrected chi connectivity index (χ0v) is 22.6. The van der Waals surface area contributed by atoms with E-state index < -0.39 is 47.2 Å². The Morgan fingerprint density at radius 1 is 0.923 bits per heavy atom. The van der Waals surface area contributed by atoms with Crippen LogP contribution in [0.2, 0.25) is 0 Å². The summed E-state index contributed by atoms with van der Waals surface area (Å²) in [6.45, 7) is 7.29. The normalized spacial score (nSPS) is 14.4. The molecule has 1 aromatic heterocycles. The maximum Gasteiger partial charge on any atom is 0.329 e. The van der Waals surface area contributed by atoms with Gasteiger partial charge in [-0.05, 0) is 36.0 Å². The van der Waals surface area contributed by atoms with Gasteiger partial charge in [0.15, 0.2) is 0 Å². The van der Waals surface area contributed by atoms with E-state index in [-0.39, 0.29) is 30.1 Å². The van der Waals surface area contributed by atoms with Crippen LogP contribution in [-0.4, -0.2) is 44.5 Å². The van der Waals surface area contributed by atoms with Gasteiger partial charge < -0.3 is 20.7 Å². The topological polar surface area (TPSA) is 150 Å². The Bertz CT molecular complexity index is 1430. The van der Waals surface area contributed by atoms with Crippen molar-refractivity contribution in [1.29, 1.82) is 0 Å². The van der Waals surface area contributed by atoms with Crippen molar-refractivity contribution < 1.29 is 19.5 Å². The molecule has 0 aliphatic heterocycles. The predicted octanol–water partition coefficient (Wildman–Crippen LogP) is 2.62. The van der Waals surface area contributed by atoms with Gasteiger partial charge in [-0.3, -0.25) is 14.4 Å². The van der Waals surface area contributed by atoms with Crippen molar-refractivity contribution in [1.82, 2.24) is 20.2 Å². The molecular weight excluding hydrogens is 500 g/mol. The molecule has 4 N–H and O–H groups in total. The summed E-state index contributed by atoms with van der Waals surface area (Å²) in [6.07, 6.45) is 0.783. The van der Waals surface area contributed by atoms with Crippen LogP contribution in [0.5, 0.6) is 0 Å². The Kier molecular flexibility index (Phi) is 9.81. The summed E-state index contributed by atoms with van der Waals surface area (Å²) in [4.78, 5) is 68.0. The van der Waals surface area contributed by atoms with Gasteiger partial charge in [-0.15, -0.1) is 0 Å². The summed E-state index contributed by atoms with van der Waals surface area (Å²) < 4.78 is 0.883. The highest BCUT2D eigenvalue weighted by Gasteiger charge is 2.33. The highest BCUT2D eigenvalue weighted by atomic mass is 16.4. The van der Waals surface area contributed by atoms with Gasteiger partial charge >= 0.3 is 11.7 Å². The maximum absolute atomic E-state index is 13.8. The Balaban J connectivity index is 2.02. The molecule has 0 bridgehead atoms. The number of amides is 2. The standard InChI is InChI=1S/C29H36N4O6/c1-5-18(4)24(28(37)38)32-25(34)22(15-17(2)3)30-26(35)23(16-19-11-7-6-8-12-19)33-27(36)20-13-9-10-14-21(20)31-29(33)39/h6-14,17-18,22-24H,5,15-16H2,1-4H3,(H,30,35)(H,31,39)(H,32,34)(H,37,38)/t18-,22+,23+,24+/m1/s1. The number of H-pyrrole nitrogens is 1. The average molecular weight is 537 g/mol. The van der Waals surface area contributed by atoms with E-state index in [1.807, 2.05) is 26.8 Å². The second-order valence-electron chi connectivity index (χ2n) is 10.3. The lowest BCUT2D eigenvalue weighted by Gasteiger charge is -2.27. The fourth-order valence-electron chi connectivity index (χ4n) is 4.51. The smallest absolute Gasteiger partial charge is 0.329 e. The summed E-state index contributed by atoms with van der Waals surface area (Å²) in [5, 5.41) is 15.2. The number of para-hydroxylation sites is 1. The molecule has 0 saturated heterocycles. The van der Waals surface area contributed by atoms with E-state index in [0.717, 1.165) is 4.57 Å². The number of nitrogens with zero attached hydrogens (tertiary/aromatic N) is 1. The molecule has 2 aromatic carbocycles. The first-order valence-electron chi connectivity index (χ1n) is 13.1. The molecule has 0 radical (unpaired) electrons. The minimum atomic E-state index is -1.26. The van der Waals surface area contributed by atoms with Crippen molar-refractivity contribution in [2.24, 2.45) is 11.8 Å². The number of carbonyl (C=O) groups is 3. The van der Waals surface area contributed by atoms with Crippen LogP contribution < -0.4 is 21.9 Å². The number of hydrogen-bond acceptors (Lipinski definition) is 5. The molecule has 39 heavy (non-hydrogen) atoms. The number of hydrogen-bond donors (Lipinski definition) is 4. The second kappa shape index (κ2) is 13.0. The van der Waals surface area contributed by atoms with Crippen molar-refractivity contribution in [2.45, 2.75) is 65.1 Å². The zero-order valence-electron chi connectivity index (χ0n) is 22.6. The minimum Gasteiger partial charge on any atom is -0.480 e. The fourth-order valence-corrected chi connectivity index (χ4v) is 4.51. The van der Waals surface area contributed by atoms with E-state index >= 15 is 0 Å². The Hall–Kier alpha value is -4.21. The lowest BCUT2D eigenvalue weighted by Crippen LogP contribution is -2.55. The summed E-state index contributed by atoms with van der Waals surface area (Å²) in [6, 6.07) is 12.0. The summed E-state index contributed by atoms with van der Waals surface area (Å²) in [5.41, 5.74) is -0.311. The number of fused-ring (bicyclic) bond motifs is 1. The van der Waals surface area contributed by atoms with Crippen LogP contribution in [0, 0.1) is 11.8 Å². The first kappa shape index (κ1) is 29.3. The van der Waals surface area contributed by atoms with Crippen molar-refractivity contribution in [3.8, 4) is 0 Å². The van der Waals surface area contributed by atoms with Crippen molar-refractivity contribution in [2.75, 3.05) is 0 Å². The Morgan fingerprint density at radius 3 is 2.18 bits per heavy atom. The highest BCUT2D eigenvalue weighted by Crippen LogP contribution is 2.16. The van der Waals surface area contributed by atoms with E-state index in [4.69, 9.17) is 0 Å². The summed E-state index contributed by atoms with van der Waals surface area (Å²) >= 11 is 0. The quantitative estimate of drug-likeness (QED) is 0.279. The molecule has 208 valence electrons. The van der Waals surface area contributed by atoms with Crippen molar-refractivity contribution >= 4 is 28.7 Å². The zero-order chi connectivity index (χ0) is 28.7. The van der Waals surface area contributed by atoms with Gasteiger partial charge in [0.25, 0.3) is 5.56 Å². The van der Waals surface area contributed by atoms with Crippen LogP contribution in [0.4, 0.5) is 0 Å². The molecule has 0 spiro atoms.